The summed E-state index contributed by atoms with van der Waals surface area (Å²) in [5.41, 5.74) is 3.61. The zero-order chi connectivity index (χ0) is 13.8. The molecule has 2 aromatic heterocycles. The smallest absolute Gasteiger partial charge is 0.0950 e. The molecule has 3 nitrogen and oxygen atoms in total. The van der Waals surface area contributed by atoms with Crippen LogP contribution in [-0.2, 0) is 12.8 Å². The second-order valence-electron chi connectivity index (χ2n) is 4.70. The van der Waals surface area contributed by atoms with Crippen LogP contribution in [0.25, 0.3) is 0 Å². The van der Waals surface area contributed by atoms with Crippen molar-refractivity contribution in [1.82, 2.24) is 15.3 Å². The summed E-state index contributed by atoms with van der Waals surface area (Å²) in [6, 6.07) is 4.40. The molecule has 1 N–H and O–H groups in total. The molecule has 2 rings (SSSR count). The van der Waals surface area contributed by atoms with E-state index >= 15 is 0 Å². The molecule has 1 atom stereocenters. The zero-order valence-corrected chi connectivity index (χ0v) is 12.8. The monoisotopic (exact) mass is 275 g/mol. The molecule has 0 fully saturated rings. The predicted molar refractivity (Wildman–Crippen MR) is 80.7 cm³/mol. The first kappa shape index (κ1) is 14.2. The molecule has 19 heavy (non-hydrogen) atoms. The van der Waals surface area contributed by atoms with E-state index in [9.17, 15) is 0 Å². The first-order valence-electron chi connectivity index (χ1n) is 6.69. The van der Waals surface area contributed by atoms with Gasteiger partial charge in [0.2, 0.25) is 0 Å². The van der Waals surface area contributed by atoms with Crippen LogP contribution in [-0.4, -0.2) is 17.0 Å². The maximum Gasteiger partial charge on any atom is 0.0950 e. The van der Waals surface area contributed by atoms with E-state index in [2.05, 4.69) is 42.1 Å². The highest BCUT2D eigenvalue weighted by Crippen LogP contribution is 2.24. The molecular weight excluding hydrogens is 254 g/mol. The molecule has 0 aliphatic carbocycles. The van der Waals surface area contributed by atoms with Gasteiger partial charge in [0, 0.05) is 17.5 Å². The first-order valence-corrected chi connectivity index (χ1v) is 7.51. The molecule has 1 unspecified atom stereocenters. The van der Waals surface area contributed by atoms with Crippen LogP contribution in [0.15, 0.2) is 18.3 Å². The number of hydrogen-bond acceptors (Lipinski definition) is 4. The van der Waals surface area contributed by atoms with E-state index in [1.165, 1.54) is 15.4 Å². The van der Waals surface area contributed by atoms with E-state index in [4.69, 9.17) is 0 Å². The van der Waals surface area contributed by atoms with Gasteiger partial charge in [0.1, 0.15) is 0 Å². The number of aryl methyl sites for hydroxylation is 3. The van der Waals surface area contributed by atoms with Crippen LogP contribution >= 0.6 is 11.3 Å². The second-order valence-corrected chi connectivity index (χ2v) is 5.98. The molecule has 0 saturated heterocycles. The molecule has 0 bridgehead atoms. The SMILES string of the molecule is CCc1cccnc1C(Cc1nc(C)c(C)s1)NC. The number of thiazole rings is 1. The summed E-state index contributed by atoms with van der Waals surface area (Å²) >= 11 is 1.79. The molecule has 2 heterocycles. The zero-order valence-electron chi connectivity index (χ0n) is 12.0. The van der Waals surface area contributed by atoms with Gasteiger partial charge in [-0.1, -0.05) is 13.0 Å². The molecule has 0 spiro atoms. The molecule has 0 radical (unpaired) electrons. The van der Waals surface area contributed by atoms with Crippen molar-refractivity contribution >= 4 is 11.3 Å². The van der Waals surface area contributed by atoms with Crippen LogP contribution < -0.4 is 5.32 Å². The van der Waals surface area contributed by atoms with Crippen LogP contribution in [0, 0.1) is 13.8 Å². The van der Waals surface area contributed by atoms with E-state index in [1.807, 2.05) is 19.3 Å². The lowest BCUT2D eigenvalue weighted by molar-refractivity contribution is 0.568. The molecule has 0 aromatic carbocycles. The predicted octanol–water partition coefficient (Wildman–Crippen LogP) is 3.22. The number of hydrogen-bond donors (Lipinski definition) is 1. The first-order chi connectivity index (χ1) is 9.15. The van der Waals surface area contributed by atoms with Gasteiger partial charge in [-0.2, -0.15) is 0 Å². The topological polar surface area (TPSA) is 37.8 Å². The van der Waals surface area contributed by atoms with Crippen molar-refractivity contribution in [2.45, 2.75) is 39.7 Å². The lowest BCUT2D eigenvalue weighted by Gasteiger charge is -2.17. The van der Waals surface area contributed by atoms with Crippen molar-refractivity contribution in [2.24, 2.45) is 0 Å². The van der Waals surface area contributed by atoms with Crippen LogP contribution in [0.4, 0.5) is 0 Å². The number of aromatic nitrogens is 2. The molecule has 2 aromatic rings. The van der Waals surface area contributed by atoms with Crippen molar-refractivity contribution in [2.75, 3.05) is 7.05 Å². The minimum Gasteiger partial charge on any atom is -0.311 e. The molecule has 0 aliphatic heterocycles. The Morgan fingerprint density at radius 2 is 2.16 bits per heavy atom. The summed E-state index contributed by atoms with van der Waals surface area (Å²) < 4.78 is 0. The Morgan fingerprint density at radius 1 is 1.37 bits per heavy atom. The average molecular weight is 275 g/mol. The fraction of sp³-hybridized carbons (Fsp3) is 0.467. The van der Waals surface area contributed by atoms with E-state index in [0.29, 0.717) is 0 Å². The van der Waals surface area contributed by atoms with Gasteiger partial charge in [-0.3, -0.25) is 4.98 Å². The van der Waals surface area contributed by atoms with Gasteiger partial charge in [-0.25, -0.2) is 4.98 Å². The summed E-state index contributed by atoms with van der Waals surface area (Å²) in [6.45, 7) is 6.37. The highest BCUT2D eigenvalue weighted by atomic mass is 32.1. The van der Waals surface area contributed by atoms with Crippen molar-refractivity contribution in [3.05, 3.63) is 45.2 Å². The van der Waals surface area contributed by atoms with E-state index in [1.54, 1.807) is 11.3 Å². The number of pyridine rings is 1. The summed E-state index contributed by atoms with van der Waals surface area (Å²) in [6.07, 6.45) is 3.79. The van der Waals surface area contributed by atoms with Crippen molar-refractivity contribution in [3.8, 4) is 0 Å². The van der Waals surface area contributed by atoms with Gasteiger partial charge in [0.25, 0.3) is 0 Å². The summed E-state index contributed by atoms with van der Waals surface area (Å²) in [5.74, 6) is 0. The van der Waals surface area contributed by atoms with E-state index in [0.717, 1.165) is 24.2 Å². The third kappa shape index (κ3) is 3.19. The van der Waals surface area contributed by atoms with E-state index < -0.39 is 0 Å². The fourth-order valence-corrected chi connectivity index (χ4v) is 3.18. The highest BCUT2D eigenvalue weighted by Gasteiger charge is 2.17. The second kappa shape index (κ2) is 6.26. The minimum absolute atomic E-state index is 0.237. The number of likely N-dealkylation sites (N-methyl/N-ethyl adjacent to an activating group) is 1. The van der Waals surface area contributed by atoms with Crippen LogP contribution in [0.2, 0.25) is 0 Å². The van der Waals surface area contributed by atoms with Gasteiger partial charge >= 0.3 is 0 Å². The van der Waals surface area contributed by atoms with Crippen LogP contribution in [0.5, 0.6) is 0 Å². The van der Waals surface area contributed by atoms with Crippen LogP contribution in [0.1, 0.15) is 39.8 Å². The molecular formula is C15H21N3S. The third-order valence-corrected chi connectivity index (χ3v) is 4.53. The molecule has 4 heteroatoms. The van der Waals surface area contributed by atoms with Gasteiger partial charge in [-0.05, 0) is 38.9 Å². The molecule has 0 saturated carbocycles. The number of nitrogens with one attached hydrogen (secondary N) is 1. The maximum atomic E-state index is 4.63. The van der Waals surface area contributed by atoms with Crippen molar-refractivity contribution < 1.29 is 0 Å². The Hall–Kier alpha value is -1.26. The summed E-state index contributed by atoms with van der Waals surface area (Å²) in [4.78, 5) is 10.5. The normalized spacial score (nSPS) is 12.6. The molecule has 0 amide bonds. The third-order valence-electron chi connectivity index (χ3n) is 3.44. The van der Waals surface area contributed by atoms with Crippen LogP contribution in [0.3, 0.4) is 0 Å². The Morgan fingerprint density at radius 3 is 2.74 bits per heavy atom. The lowest BCUT2D eigenvalue weighted by Crippen LogP contribution is -2.21. The van der Waals surface area contributed by atoms with Gasteiger partial charge in [-0.15, -0.1) is 11.3 Å². The van der Waals surface area contributed by atoms with Gasteiger partial charge in [0.15, 0.2) is 0 Å². The lowest BCUT2D eigenvalue weighted by atomic mass is 10.0. The Balaban J connectivity index is 2.24. The minimum atomic E-state index is 0.237. The Kier molecular flexibility index (Phi) is 4.66. The summed E-state index contributed by atoms with van der Waals surface area (Å²) in [7, 11) is 1.99. The standard InChI is InChI=1S/C15H21N3S/c1-5-12-7-6-8-17-15(12)13(16-4)9-14-18-10(2)11(3)19-14/h6-8,13,16H,5,9H2,1-4H3. The summed E-state index contributed by atoms with van der Waals surface area (Å²) in [5, 5.41) is 4.56. The van der Waals surface area contributed by atoms with Gasteiger partial charge in [0.05, 0.1) is 22.4 Å². The largest absolute Gasteiger partial charge is 0.311 e. The Bertz CT molecular complexity index is 529. The number of nitrogens with zero attached hydrogens (tertiary/aromatic N) is 2. The molecule has 102 valence electrons. The maximum absolute atomic E-state index is 4.63. The number of rotatable bonds is 5. The fourth-order valence-electron chi connectivity index (χ4n) is 2.20. The quantitative estimate of drug-likeness (QED) is 0.910. The average Bonchev–Trinajstić information content (AvgIpc) is 2.75. The van der Waals surface area contributed by atoms with Crippen molar-refractivity contribution in [1.29, 1.82) is 0 Å². The highest BCUT2D eigenvalue weighted by molar-refractivity contribution is 7.11. The van der Waals surface area contributed by atoms with E-state index in [-0.39, 0.29) is 6.04 Å². The Labute approximate surface area is 119 Å². The molecule has 0 aliphatic rings. The van der Waals surface area contributed by atoms with Crippen molar-refractivity contribution in [3.63, 3.8) is 0 Å². The van der Waals surface area contributed by atoms with Gasteiger partial charge < -0.3 is 5.32 Å².